The van der Waals surface area contributed by atoms with E-state index in [1.807, 2.05) is 0 Å². The van der Waals surface area contributed by atoms with E-state index in [2.05, 4.69) is 0 Å². The summed E-state index contributed by atoms with van der Waals surface area (Å²) in [5, 5.41) is 9.45. The number of aliphatic hydroxyl groups excluding tert-OH is 1. The highest BCUT2D eigenvalue weighted by molar-refractivity contribution is 6.30. The molecule has 0 radical (unpaired) electrons. The van der Waals surface area contributed by atoms with Crippen LogP contribution in [-0.2, 0) is 0 Å². The number of hydrogen-bond donors (Lipinski definition) is 1. The van der Waals surface area contributed by atoms with Gasteiger partial charge in [0.15, 0.2) is 0 Å². The Hall–Kier alpha value is -1.39. The number of furan rings is 1. The third-order valence-corrected chi connectivity index (χ3v) is 2.48. The summed E-state index contributed by atoms with van der Waals surface area (Å²) in [5.74, 6) is -1.54. The van der Waals surface area contributed by atoms with E-state index >= 15 is 0 Å². The van der Waals surface area contributed by atoms with Gasteiger partial charge in [-0.25, -0.2) is 8.78 Å². The molecule has 2 nitrogen and oxygen atoms in total. The predicted octanol–water partition coefficient (Wildman–Crippen LogP) is 3.29. The van der Waals surface area contributed by atoms with Gasteiger partial charge in [0.25, 0.3) is 0 Å². The van der Waals surface area contributed by atoms with E-state index in [9.17, 15) is 13.9 Å². The largest absolute Gasteiger partial charge is 0.472 e. The van der Waals surface area contributed by atoms with E-state index in [0.29, 0.717) is 5.56 Å². The quantitative estimate of drug-likeness (QED) is 0.823. The van der Waals surface area contributed by atoms with Crippen molar-refractivity contribution in [3.05, 3.63) is 58.5 Å². The maximum atomic E-state index is 13.4. The molecule has 0 amide bonds. The Morgan fingerprint density at radius 2 is 2.00 bits per heavy atom. The summed E-state index contributed by atoms with van der Waals surface area (Å²) < 4.78 is 31.3. The highest BCUT2D eigenvalue weighted by Gasteiger charge is 2.18. The minimum Gasteiger partial charge on any atom is -0.472 e. The molecule has 16 heavy (non-hydrogen) atoms. The maximum absolute atomic E-state index is 13.4. The second kappa shape index (κ2) is 4.23. The molecule has 0 bridgehead atoms. The van der Waals surface area contributed by atoms with Crippen molar-refractivity contribution in [1.82, 2.24) is 0 Å². The number of hydrogen-bond acceptors (Lipinski definition) is 2. The SMILES string of the molecule is OC(c1ccoc1)c1cc(F)c(Cl)cc1F. The van der Waals surface area contributed by atoms with E-state index in [-0.39, 0.29) is 10.6 Å². The second-order valence-electron chi connectivity index (χ2n) is 3.25. The van der Waals surface area contributed by atoms with E-state index in [4.69, 9.17) is 16.0 Å². The van der Waals surface area contributed by atoms with Crippen molar-refractivity contribution >= 4 is 11.6 Å². The van der Waals surface area contributed by atoms with Crippen LogP contribution in [0.3, 0.4) is 0 Å². The lowest BCUT2D eigenvalue weighted by Gasteiger charge is -2.10. The number of aliphatic hydroxyl groups is 1. The minimum atomic E-state index is -1.27. The van der Waals surface area contributed by atoms with E-state index < -0.39 is 17.7 Å². The zero-order valence-electron chi connectivity index (χ0n) is 7.95. The van der Waals surface area contributed by atoms with Crippen LogP contribution in [0.2, 0.25) is 5.02 Å². The third kappa shape index (κ3) is 1.94. The minimum absolute atomic E-state index is 0.177. The molecule has 0 fully saturated rings. The molecule has 1 heterocycles. The van der Waals surface area contributed by atoms with E-state index in [0.717, 1.165) is 12.1 Å². The van der Waals surface area contributed by atoms with Crippen molar-refractivity contribution in [2.45, 2.75) is 6.10 Å². The highest BCUT2D eigenvalue weighted by Crippen LogP contribution is 2.28. The Morgan fingerprint density at radius 3 is 2.62 bits per heavy atom. The molecule has 0 aliphatic carbocycles. The Kier molecular flexibility index (Phi) is 2.94. The Labute approximate surface area is 95.1 Å². The van der Waals surface area contributed by atoms with Crippen molar-refractivity contribution in [2.75, 3.05) is 0 Å². The first-order valence-corrected chi connectivity index (χ1v) is 4.82. The Balaban J connectivity index is 2.44. The van der Waals surface area contributed by atoms with Gasteiger partial charge in [-0.2, -0.15) is 0 Å². The summed E-state index contributed by atoms with van der Waals surface area (Å²) in [4.78, 5) is 0. The second-order valence-corrected chi connectivity index (χ2v) is 3.65. The van der Waals surface area contributed by atoms with Gasteiger partial charge in [-0.15, -0.1) is 0 Å². The molecule has 1 unspecified atom stereocenters. The molecule has 2 aromatic rings. The number of benzene rings is 1. The van der Waals surface area contributed by atoms with Crippen LogP contribution in [-0.4, -0.2) is 5.11 Å². The van der Waals surface area contributed by atoms with Gasteiger partial charge in [0.05, 0.1) is 17.5 Å². The lowest BCUT2D eigenvalue weighted by Crippen LogP contribution is -2.02. The topological polar surface area (TPSA) is 33.4 Å². The first-order chi connectivity index (χ1) is 7.59. The van der Waals surface area contributed by atoms with Crippen molar-refractivity contribution in [2.24, 2.45) is 0 Å². The maximum Gasteiger partial charge on any atom is 0.142 e. The molecule has 0 aliphatic heterocycles. The first kappa shape index (κ1) is 11.1. The van der Waals surface area contributed by atoms with Crippen LogP contribution in [0.1, 0.15) is 17.2 Å². The molecule has 1 N–H and O–H groups in total. The molecule has 0 aliphatic rings. The van der Waals surface area contributed by atoms with Gasteiger partial charge in [-0.05, 0) is 18.2 Å². The smallest absolute Gasteiger partial charge is 0.142 e. The summed E-state index contributed by atoms with van der Waals surface area (Å²) >= 11 is 5.40. The fourth-order valence-electron chi connectivity index (χ4n) is 1.36. The zero-order chi connectivity index (χ0) is 11.7. The molecule has 0 saturated heterocycles. The summed E-state index contributed by atoms with van der Waals surface area (Å²) in [6, 6.07) is 3.17. The van der Waals surface area contributed by atoms with Crippen molar-refractivity contribution in [3.8, 4) is 0 Å². The zero-order valence-corrected chi connectivity index (χ0v) is 8.71. The van der Waals surface area contributed by atoms with Gasteiger partial charge in [-0.3, -0.25) is 0 Å². The average molecular weight is 245 g/mol. The van der Waals surface area contributed by atoms with Crippen LogP contribution >= 0.6 is 11.6 Å². The number of halogens is 3. The summed E-state index contributed by atoms with van der Waals surface area (Å²) in [6.07, 6.45) is 1.32. The third-order valence-electron chi connectivity index (χ3n) is 2.19. The molecule has 5 heteroatoms. The van der Waals surface area contributed by atoms with Crippen LogP contribution in [0.15, 0.2) is 35.1 Å². The molecular weight excluding hydrogens is 238 g/mol. The van der Waals surface area contributed by atoms with Gasteiger partial charge in [0.1, 0.15) is 17.7 Å². The summed E-state index contributed by atoms with van der Waals surface area (Å²) in [6.45, 7) is 0. The highest BCUT2D eigenvalue weighted by atomic mass is 35.5. The fraction of sp³-hybridized carbons (Fsp3) is 0.0909. The van der Waals surface area contributed by atoms with Gasteiger partial charge in [0, 0.05) is 11.1 Å². The molecule has 0 saturated carbocycles. The molecular formula is C11H7ClF2O2. The van der Waals surface area contributed by atoms with Crippen LogP contribution < -0.4 is 0 Å². The van der Waals surface area contributed by atoms with Crippen LogP contribution in [0.4, 0.5) is 8.78 Å². The normalized spacial score (nSPS) is 12.8. The van der Waals surface area contributed by atoms with Crippen molar-refractivity contribution in [1.29, 1.82) is 0 Å². The Morgan fingerprint density at radius 1 is 1.25 bits per heavy atom. The Bertz CT molecular complexity index is 497. The first-order valence-electron chi connectivity index (χ1n) is 4.44. The fourth-order valence-corrected chi connectivity index (χ4v) is 1.51. The lowest BCUT2D eigenvalue weighted by atomic mass is 10.0. The van der Waals surface area contributed by atoms with Crippen LogP contribution in [0, 0.1) is 11.6 Å². The predicted molar refractivity (Wildman–Crippen MR) is 54.1 cm³/mol. The van der Waals surface area contributed by atoms with Crippen LogP contribution in [0.5, 0.6) is 0 Å². The van der Waals surface area contributed by atoms with E-state index in [1.54, 1.807) is 0 Å². The van der Waals surface area contributed by atoms with Crippen molar-refractivity contribution in [3.63, 3.8) is 0 Å². The summed E-state index contributed by atoms with van der Waals surface area (Å²) in [5.41, 5.74) is 0.170. The van der Waals surface area contributed by atoms with Crippen molar-refractivity contribution < 1.29 is 18.3 Å². The van der Waals surface area contributed by atoms with E-state index in [1.165, 1.54) is 18.6 Å². The van der Waals surface area contributed by atoms with Crippen LogP contribution in [0.25, 0.3) is 0 Å². The average Bonchev–Trinajstić information content (AvgIpc) is 2.75. The molecule has 2 rings (SSSR count). The standard InChI is InChI=1S/C11H7ClF2O2/c12-8-4-9(13)7(3-10(8)14)11(15)6-1-2-16-5-6/h1-5,11,15H. The molecule has 1 aromatic carbocycles. The van der Waals surface area contributed by atoms with Gasteiger partial charge in [0.2, 0.25) is 0 Å². The molecule has 84 valence electrons. The molecule has 1 aromatic heterocycles. The summed E-state index contributed by atoms with van der Waals surface area (Å²) in [7, 11) is 0. The van der Waals surface area contributed by atoms with Gasteiger partial charge >= 0.3 is 0 Å². The molecule has 0 spiro atoms. The van der Waals surface area contributed by atoms with Gasteiger partial charge in [-0.1, -0.05) is 11.6 Å². The lowest BCUT2D eigenvalue weighted by molar-refractivity contribution is 0.213. The number of rotatable bonds is 2. The molecule has 1 atom stereocenters. The monoisotopic (exact) mass is 244 g/mol. The van der Waals surface area contributed by atoms with Gasteiger partial charge < -0.3 is 9.52 Å².